The second kappa shape index (κ2) is 8.25. The van der Waals surface area contributed by atoms with Crippen molar-refractivity contribution in [2.45, 2.75) is 33.2 Å². The Morgan fingerprint density at radius 1 is 0.966 bits per heavy atom. The lowest BCUT2D eigenvalue weighted by molar-refractivity contribution is -0.117. The molecule has 0 heterocycles. The number of rotatable bonds is 6. The van der Waals surface area contributed by atoms with Gasteiger partial charge in [0.2, 0.25) is 15.9 Å². The molecule has 1 N–H and O–H groups in total. The van der Waals surface area contributed by atoms with Gasteiger partial charge in [-0.2, -0.15) is 0 Å². The zero-order valence-electron chi connectivity index (χ0n) is 17.1. The number of carbonyl (C=O) groups excluding carboxylic acids is 1. The topological polar surface area (TPSA) is 66.5 Å². The average molecular weight is 411 g/mol. The largest absolute Gasteiger partial charge is 0.324 e. The Morgan fingerprint density at radius 3 is 2.28 bits per heavy atom. The Balaban J connectivity index is 1.94. The highest BCUT2D eigenvalue weighted by Gasteiger charge is 2.31. The summed E-state index contributed by atoms with van der Waals surface area (Å²) in [5.41, 5.74) is 3.17. The molecule has 0 aliphatic heterocycles. The first kappa shape index (κ1) is 20.9. The lowest BCUT2D eigenvalue weighted by Gasteiger charge is -2.30. The summed E-state index contributed by atoms with van der Waals surface area (Å²) < 4.78 is 26.4. The highest BCUT2D eigenvalue weighted by Crippen LogP contribution is 2.26. The lowest BCUT2D eigenvalue weighted by Crippen LogP contribution is -2.47. The first-order chi connectivity index (χ1) is 13.7. The van der Waals surface area contributed by atoms with Crippen LogP contribution in [0.3, 0.4) is 0 Å². The van der Waals surface area contributed by atoms with E-state index in [9.17, 15) is 13.2 Å². The Hall–Kier alpha value is -2.86. The van der Waals surface area contributed by atoms with Gasteiger partial charge in [-0.15, -0.1) is 0 Å². The van der Waals surface area contributed by atoms with Crippen molar-refractivity contribution in [3.05, 3.63) is 71.8 Å². The zero-order chi connectivity index (χ0) is 21.2. The molecule has 3 aromatic carbocycles. The van der Waals surface area contributed by atoms with E-state index in [0.29, 0.717) is 17.8 Å². The first-order valence-corrected chi connectivity index (χ1v) is 11.4. The van der Waals surface area contributed by atoms with E-state index in [1.54, 1.807) is 6.07 Å². The van der Waals surface area contributed by atoms with E-state index in [0.717, 1.165) is 28.2 Å². The summed E-state index contributed by atoms with van der Waals surface area (Å²) in [6.45, 7) is 5.70. The third-order valence-corrected chi connectivity index (χ3v) is 6.27. The summed E-state index contributed by atoms with van der Waals surface area (Å²) in [6.07, 6.45) is 1.48. The molecule has 1 amide bonds. The maximum Gasteiger partial charge on any atom is 0.248 e. The molecule has 1 atom stereocenters. The molecule has 0 fully saturated rings. The van der Waals surface area contributed by atoms with Gasteiger partial charge in [0.05, 0.1) is 11.9 Å². The van der Waals surface area contributed by atoms with Crippen molar-refractivity contribution < 1.29 is 13.2 Å². The molecule has 5 nitrogen and oxygen atoms in total. The quantitative estimate of drug-likeness (QED) is 0.644. The third-order valence-electron chi connectivity index (χ3n) is 5.09. The monoisotopic (exact) mass is 410 g/mol. The first-order valence-electron chi connectivity index (χ1n) is 9.57. The predicted molar refractivity (Wildman–Crippen MR) is 120 cm³/mol. The molecule has 0 radical (unpaired) electrons. The minimum absolute atomic E-state index is 0.347. The SMILES string of the molecule is CCC(C(=O)Nc1ccc2ccccc2c1)N(c1ccc(C)c(C)c1)S(C)(=O)=O. The maximum atomic E-state index is 13.1. The van der Waals surface area contributed by atoms with Crippen molar-refractivity contribution in [2.24, 2.45) is 0 Å². The fraction of sp³-hybridized carbons (Fsp3) is 0.261. The van der Waals surface area contributed by atoms with Gasteiger partial charge in [-0.05, 0) is 66.4 Å². The molecule has 0 spiro atoms. The predicted octanol–water partition coefficient (Wildman–Crippen LogP) is 4.64. The molecule has 0 aliphatic rings. The van der Waals surface area contributed by atoms with Crippen LogP contribution in [0, 0.1) is 13.8 Å². The number of anilines is 2. The Labute approximate surface area is 172 Å². The third kappa shape index (κ3) is 4.59. The highest BCUT2D eigenvalue weighted by molar-refractivity contribution is 7.92. The van der Waals surface area contributed by atoms with Gasteiger partial charge >= 0.3 is 0 Å². The van der Waals surface area contributed by atoms with Crippen molar-refractivity contribution in [1.82, 2.24) is 0 Å². The van der Waals surface area contributed by atoms with Crippen LogP contribution in [0.1, 0.15) is 24.5 Å². The van der Waals surface area contributed by atoms with E-state index < -0.39 is 16.1 Å². The number of nitrogens with zero attached hydrogens (tertiary/aromatic N) is 1. The summed E-state index contributed by atoms with van der Waals surface area (Å²) in [7, 11) is -3.66. The van der Waals surface area contributed by atoms with Gasteiger partial charge in [0.25, 0.3) is 0 Å². The van der Waals surface area contributed by atoms with Crippen molar-refractivity contribution >= 4 is 38.1 Å². The summed E-state index contributed by atoms with van der Waals surface area (Å²) in [5.74, 6) is -0.355. The molecule has 0 saturated carbocycles. The molecular weight excluding hydrogens is 384 g/mol. The van der Waals surface area contributed by atoms with Crippen molar-refractivity contribution in [1.29, 1.82) is 0 Å². The van der Waals surface area contributed by atoms with Gasteiger partial charge < -0.3 is 5.32 Å². The Morgan fingerprint density at radius 2 is 1.66 bits per heavy atom. The molecule has 0 bridgehead atoms. The summed E-state index contributed by atoms with van der Waals surface area (Å²) in [4.78, 5) is 13.1. The van der Waals surface area contributed by atoms with Gasteiger partial charge in [-0.3, -0.25) is 9.10 Å². The normalized spacial score (nSPS) is 12.6. The Bertz CT molecular complexity index is 1160. The molecule has 0 aromatic heterocycles. The number of fused-ring (bicyclic) bond motifs is 1. The number of nitrogens with one attached hydrogen (secondary N) is 1. The van der Waals surface area contributed by atoms with Crippen LogP contribution in [-0.2, 0) is 14.8 Å². The van der Waals surface area contributed by atoms with Crippen LogP contribution in [0.15, 0.2) is 60.7 Å². The van der Waals surface area contributed by atoms with E-state index in [4.69, 9.17) is 0 Å². The maximum absolute atomic E-state index is 13.1. The van der Waals surface area contributed by atoms with Gasteiger partial charge in [-0.1, -0.05) is 43.3 Å². The Kier molecular flexibility index (Phi) is 5.94. The van der Waals surface area contributed by atoms with Crippen LogP contribution >= 0.6 is 0 Å². The van der Waals surface area contributed by atoms with E-state index in [1.165, 1.54) is 4.31 Å². The van der Waals surface area contributed by atoms with Crippen LogP contribution in [0.5, 0.6) is 0 Å². The summed E-state index contributed by atoms with van der Waals surface area (Å²) >= 11 is 0. The fourth-order valence-electron chi connectivity index (χ4n) is 3.42. The molecule has 0 aliphatic carbocycles. The van der Waals surface area contributed by atoms with Gasteiger partial charge in [0, 0.05) is 5.69 Å². The summed E-state index contributed by atoms with van der Waals surface area (Å²) in [6, 6.07) is 18.1. The van der Waals surface area contributed by atoms with Gasteiger partial charge in [0.15, 0.2) is 0 Å². The smallest absolute Gasteiger partial charge is 0.248 e. The van der Waals surface area contributed by atoms with Crippen LogP contribution in [0.25, 0.3) is 10.8 Å². The zero-order valence-corrected chi connectivity index (χ0v) is 18.0. The molecular formula is C23H26N2O3S. The van der Waals surface area contributed by atoms with Gasteiger partial charge in [-0.25, -0.2) is 8.42 Å². The van der Waals surface area contributed by atoms with Crippen LogP contribution in [0.4, 0.5) is 11.4 Å². The van der Waals surface area contributed by atoms with Crippen molar-refractivity contribution in [3.8, 4) is 0 Å². The number of hydrogen-bond donors (Lipinski definition) is 1. The summed E-state index contributed by atoms with van der Waals surface area (Å²) in [5, 5.41) is 4.97. The number of benzene rings is 3. The molecule has 0 saturated heterocycles. The minimum atomic E-state index is -3.66. The standard InChI is InChI=1S/C23H26N2O3S/c1-5-22(25(29(4,27)28)21-13-10-16(2)17(3)14-21)23(26)24-20-12-11-18-8-6-7-9-19(18)15-20/h6-15,22H,5H2,1-4H3,(H,24,26). The highest BCUT2D eigenvalue weighted by atomic mass is 32.2. The van der Waals surface area contributed by atoms with Crippen LogP contribution < -0.4 is 9.62 Å². The fourth-order valence-corrected chi connectivity index (χ4v) is 4.62. The molecule has 1 unspecified atom stereocenters. The number of sulfonamides is 1. The van der Waals surface area contributed by atoms with E-state index in [2.05, 4.69) is 5.32 Å². The second-order valence-electron chi connectivity index (χ2n) is 7.30. The number of carbonyl (C=O) groups is 1. The van der Waals surface area contributed by atoms with Crippen molar-refractivity contribution in [3.63, 3.8) is 0 Å². The minimum Gasteiger partial charge on any atom is -0.324 e. The van der Waals surface area contributed by atoms with Crippen LogP contribution in [-0.4, -0.2) is 26.6 Å². The van der Waals surface area contributed by atoms with E-state index in [-0.39, 0.29) is 5.91 Å². The van der Waals surface area contributed by atoms with E-state index in [1.807, 2.05) is 75.4 Å². The molecule has 29 heavy (non-hydrogen) atoms. The van der Waals surface area contributed by atoms with Gasteiger partial charge in [0.1, 0.15) is 6.04 Å². The molecule has 152 valence electrons. The molecule has 6 heteroatoms. The average Bonchev–Trinajstić information content (AvgIpc) is 2.67. The van der Waals surface area contributed by atoms with Crippen molar-refractivity contribution in [2.75, 3.05) is 15.9 Å². The number of hydrogen-bond acceptors (Lipinski definition) is 3. The number of aryl methyl sites for hydroxylation is 2. The van der Waals surface area contributed by atoms with Crippen LogP contribution in [0.2, 0.25) is 0 Å². The van der Waals surface area contributed by atoms with E-state index >= 15 is 0 Å². The molecule has 3 aromatic rings. The lowest BCUT2D eigenvalue weighted by atomic mass is 10.1. The second-order valence-corrected chi connectivity index (χ2v) is 9.16. The molecule has 3 rings (SSSR count). The number of amides is 1.